The van der Waals surface area contributed by atoms with Crippen molar-refractivity contribution in [2.75, 3.05) is 34.5 Å². The van der Waals surface area contributed by atoms with Crippen LogP contribution in [-0.4, -0.2) is 121 Å². The average Bonchev–Trinajstić information content (AvgIpc) is 3.30. The molecule has 2 N–H and O–H groups in total. The van der Waals surface area contributed by atoms with Crippen molar-refractivity contribution >= 4 is 29.2 Å². The van der Waals surface area contributed by atoms with Crippen LogP contribution in [0.1, 0.15) is 132 Å². The van der Waals surface area contributed by atoms with Crippen molar-refractivity contribution in [3.8, 4) is 0 Å². The SMILES string of the molecule is COC1C(=O)[C@H](C)C[C@H](C)/C=C/C=C/C=C(\C)[C@@H](OC)C[C@@H]2CC[C@@H](C)[C@@](O)(O2)C(=O)C(=O)N2CCCC[C@H]2C(=O)OC([C@H](C)C[C@@H]2CC[CH-][C@H](OC)C2)CC(=O)C/C=C(\C)[C@H]1C.[CH2-]CO.[U+2]. The van der Waals surface area contributed by atoms with E-state index in [-0.39, 0.29) is 111 Å². The van der Waals surface area contributed by atoms with Crippen molar-refractivity contribution in [1.82, 2.24) is 4.90 Å². The van der Waals surface area contributed by atoms with E-state index in [2.05, 4.69) is 26.3 Å². The molecular formula is C53H83NO12U. The number of rotatable bonds is 6. The van der Waals surface area contributed by atoms with E-state index >= 15 is 0 Å². The second-order valence-corrected chi connectivity index (χ2v) is 19.4. The smallest absolute Gasteiger partial charge is 0.460 e. The first-order valence-electron chi connectivity index (χ1n) is 24.4. The molecule has 2 bridgehead atoms. The van der Waals surface area contributed by atoms with Crippen molar-refractivity contribution in [3.05, 3.63) is 60.9 Å². The summed E-state index contributed by atoms with van der Waals surface area (Å²) in [6.45, 7) is 16.7. The molecule has 13 atom stereocenters. The molecule has 1 amide bonds. The van der Waals surface area contributed by atoms with Gasteiger partial charge in [0.1, 0.15) is 24.0 Å². The predicted molar refractivity (Wildman–Crippen MR) is 254 cm³/mol. The number of cyclic esters (lactones) is 1. The zero-order valence-electron chi connectivity index (χ0n) is 42.2. The van der Waals surface area contributed by atoms with Gasteiger partial charge in [-0.2, -0.15) is 6.42 Å². The van der Waals surface area contributed by atoms with Crippen LogP contribution < -0.4 is 0 Å². The van der Waals surface area contributed by atoms with Gasteiger partial charge in [0.2, 0.25) is 5.79 Å². The number of amides is 1. The van der Waals surface area contributed by atoms with E-state index in [9.17, 15) is 29.1 Å². The van der Waals surface area contributed by atoms with E-state index in [4.69, 9.17) is 28.8 Å². The average molecular weight is 1160 g/mol. The molecule has 2 saturated heterocycles. The maximum absolute atomic E-state index is 14.3. The van der Waals surface area contributed by atoms with Gasteiger partial charge in [0.05, 0.1) is 12.2 Å². The maximum Gasteiger partial charge on any atom is 2.00 e. The van der Waals surface area contributed by atoms with Gasteiger partial charge in [-0.3, -0.25) is 19.2 Å². The fourth-order valence-corrected chi connectivity index (χ4v) is 9.88. The molecule has 0 aromatic rings. The maximum atomic E-state index is 14.3. The number of hydrogen-bond donors (Lipinski definition) is 2. The van der Waals surface area contributed by atoms with Crippen molar-refractivity contribution in [2.45, 2.75) is 174 Å². The number of carbonyl (C=O) groups is 5. The number of aliphatic hydroxyl groups is 2. The summed E-state index contributed by atoms with van der Waals surface area (Å²) >= 11 is 0. The number of aliphatic hydroxyl groups excluding tert-OH is 1. The van der Waals surface area contributed by atoms with Crippen molar-refractivity contribution < 1.29 is 89.0 Å². The number of allylic oxidation sites excluding steroid dienone is 6. The molecule has 1 saturated carbocycles. The normalized spacial score (nSPS) is 36.9. The number of nitrogens with zero attached hydrogens (tertiary/aromatic N) is 1. The number of ketones is 3. The third-order valence-electron chi connectivity index (χ3n) is 14.3. The number of hydrogen-bond acceptors (Lipinski definition) is 12. The molecule has 4 rings (SSSR count). The Morgan fingerprint density at radius 3 is 2.27 bits per heavy atom. The van der Waals surface area contributed by atoms with E-state index in [0.717, 1.165) is 30.4 Å². The Labute approximate surface area is 426 Å². The van der Waals surface area contributed by atoms with Crippen LogP contribution in [-0.2, 0) is 47.7 Å². The van der Waals surface area contributed by atoms with Gasteiger partial charge >= 0.3 is 37.1 Å². The Balaban J connectivity index is 0.00000375. The summed E-state index contributed by atoms with van der Waals surface area (Å²) in [6, 6.07) is -1.07. The molecule has 13 nitrogen and oxygen atoms in total. The Morgan fingerprint density at radius 1 is 0.910 bits per heavy atom. The van der Waals surface area contributed by atoms with Gasteiger partial charge < -0.3 is 52.1 Å². The minimum atomic E-state index is -2.39. The third-order valence-corrected chi connectivity index (χ3v) is 14.3. The van der Waals surface area contributed by atoms with Gasteiger partial charge in [0.15, 0.2) is 5.78 Å². The summed E-state index contributed by atoms with van der Waals surface area (Å²) in [4.78, 5) is 71.5. The number of esters is 1. The first kappa shape index (κ1) is 60.8. The standard InChI is InChI=1S/C51H78NO11.C2H5O.U/c1-32-17-12-11-13-18-34(3)44(60-9)31-42-25-23-37(6)51(58,63-42)48(55)49(56)52-26-15-14-21-43(52)50(57)62-45(35(4)28-39-19-16-20-41(29-39)59-8)30-40(53)24-22-33(2)38(7)47(61-10)46(54)36(5)27-32;1-2-3;/h11-13,17-18,20,22,32,35-39,41-45,47,58H,14-16,19,21,23-31H2,1-10H3;3H,1-2H2;/q2*-1;+2/b13-11+,17-12+,33-22+,34-18+;;/t32-,35-,36-,37-,38-,39+,41+,42+,43+,44+,45?,47?,51-;;/m1../s1. The van der Waals surface area contributed by atoms with Gasteiger partial charge in [0, 0.05) is 64.9 Å². The van der Waals surface area contributed by atoms with Gasteiger partial charge in [-0.05, 0) is 82.1 Å². The molecule has 0 spiro atoms. The topological polar surface area (TPSA) is 175 Å². The van der Waals surface area contributed by atoms with Crippen LogP contribution in [0, 0.1) is 80.0 Å². The third kappa shape index (κ3) is 18.1. The van der Waals surface area contributed by atoms with E-state index in [0.29, 0.717) is 50.9 Å². The number of Topliss-reactive ketones (excluding diaryl/α,β-unsaturated/α-hetero) is 3. The first-order valence-corrected chi connectivity index (χ1v) is 24.4. The summed E-state index contributed by atoms with van der Waals surface area (Å²) in [5.41, 5.74) is 1.77. The molecule has 3 fully saturated rings. The minimum Gasteiger partial charge on any atom is -0.460 e. The van der Waals surface area contributed by atoms with Crippen LogP contribution in [0.5, 0.6) is 0 Å². The molecule has 3 heterocycles. The van der Waals surface area contributed by atoms with Crippen LogP contribution >= 0.6 is 0 Å². The summed E-state index contributed by atoms with van der Waals surface area (Å²) in [6.07, 6.45) is 18.3. The Hall–Kier alpha value is -2.28. The molecule has 376 valence electrons. The number of carbonyl (C=O) groups excluding carboxylic acids is 5. The van der Waals surface area contributed by atoms with Crippen LogP contribution in [0.2, 0.25) is 0 Å². The van der Waals surface area contributed by atoms with Crippen LogP contribution in [0.3, 0.4) is 0 Å². The summed E-state index contributed by atoms with van der Waals surface area (Å²) < 4.78 is 29.7. The van der Waals surface area contributed by atoms with Crippen LogP contribution in [0.25, 0.3) is 0 Å². The minimum absolute atomic E-state index is 0. The summed E-state index contributed by atoms with van der Waals surface area (Å²) in [5, 5.41) is 19.4. The van der Waals surface area contributed by atoms with Gasteiger partial charge in [-0.1, -0.05) is 102 Å². The Morgan fingerprint density at radius 2 is 1.61 bits per heavy atom. The van der Waals surface area contributed by atoms with Crippen molar-refractivity contribution in [3.63, 3.8) is 0 Å². The van der Waals surface area contributed by atoms with Crippen molar-refractivity contribution in [1.29, 1.82) is 0 Å². The second kappa shape index (κ2) is 30.5. The zero-order valence-corrected chi connectivity index (χ0v) is 46.4. The van der Waals surface area contributed by atoms with Gasteiger partial charge in [-0.15, -0.1) is 0 Å². The fourth-order valence-electron chi connectivity index (χ4n) is 9.88. The molecule has 0 aromatic carbocycles. The zero-order chi connectivity index (χ0) is 49.1. The quantitative estimate of drug-likeness (QED) is 0.114. The molecule has 4 aliphatic rings. The molecule has 1 aliphatic carbocycles. The van der Waals surface area contributed by atoms with E-state index in [1.54, 1.807) is 28.3 Å². The molecule has 67 heavy (non-hydrogen) atoms. The number of ether oxygens (including phenoxy) is 5. The molecule has 0 aromatic heterocycles. The van der Waals surface area contributed by atoms with Crippen LogP contribution in [0.4, 0.5) is 0 Å². The number of piperidine rings is 1. The molecule has 14 heteroatoms. The Kier molecular flexibility index (Phi) is 27.7. The van der Waals surface area contributed by atoms with E-state index in [1.165, 1.54) is 4.90 Å². The number of fused-ring (bicyclic) bond motifs is 3. The monoisotopic (exact) mass is 1160 g/mol. The van der Waals surface area contributed by atoms with Gasteiger partial charge in [-0.25, -0.2) is 4.79 Å². The molecule has 2 unspecified atom stereocenters. The molecular weight excluding hydrogens is 1080 g/mol. The van der Waals surface area contributed by atoms with E-state index in [1.807, 2.05) is 65.0 Å². The van der Waals surface area contributed by atoms with E-state index < -0.39 is 53.7 Å². The number of methoxy groups -OCH3 is 3. The molecule has 3 aliphatic heterocycles. The van der Waals surface area contributed by atoms with Crippen LogP contribution in [0.15, 0.2) is 47.6 Å². The van der Waals surface area contributed by atoms with Crippen molar-refractivity contribution in [2.24, 2.45) is 35.5 Å². The van der Waals surface area contributed by atoms with Gasteiger partial charge in [0.25, 0.3) is 11.7 Å². The largest absolute Gasteiger partial charge is 2.00 e. The molecule has 0 radical (unpaired) electrons. The summed E-state index contributed by atoms with van der Waals surface area (Å²) in [7, 11) is 4.85. The summed E-state index contributed by atoms with van der Waals surface area (Å²) in [5.74, 6) is -6.25. The first-order chi connectivity index (χ1) is 31.3. The second-order valence-electron chi connectivity index (χ2n) is 19.4. The Bertz CT molecular complexity index is 1710. The fraction of sp³-hybridized carbons (Fsp3) is 0.717. The predicted octanol–water partition coefficient (Wildman–Crippen LogP) is 7.87.